The number of hydrogen-bond acceptors (Lipinski definition) is 6. The molecule has 2 N–H and O–H groups in total. The van der Waals surface area contributed by atoms with E-state index in [4.69, 9.17) is 15.9 Å². The Bertz CT molecular complexity index is 844. The van der Waals surface area contributed by atoms with E-state index >= 15 is 0 Å². The minimum absolute atomic E-state index is 0.0526. The van der Waals surface area contributed by atoms with Gasteiger partial charge in [-0.15, -0.1) is 6.42 Å². The minimum atomic E-state index is -3.57. The molecule has 30 heavy (non-hydrogen) atoms. The van der Waals surface area contributed by atoms with Gasteiger partial charge in [-0.05, 0) is 50.8 Å². The van der Waals surface area contributed by atoms with Gasteiger partial charge in [0.2, 0.25) is 10.0 Å². The Morgan fingerprint density at radius 2 is 2.07 bits per heavy atom. The lowest BCUT2D eigenvalue weighted by Crippen LogP contribution is -2.50. The van der Waals surface area contributed by atoms with Gasteiger partial charge in [0.1, 0.15) is 18.5 Å². The Kier molecular flexibility index (Phi) is 8.00. The number of nitrogens with one attached hydrogen (secondary N) is 2. The predicted molar refractivity (Wildman–Crippen MR) is 118 cm³/mol. The molecule has 1 saturated heterocycles. The fraction of sp³-hybridized carbons (Fsp3) is 0.636. The van der Waals surface area contributed by atoms with Crippen LogP contribution in [0.3, 0.4) is 0 Å². The van der Waals surface area contributed by atoms with E-state index in [1.807, 2.05) is 0 Å². The molecular formula is C22H33N3O4S. The normalized spacial score (nSPS) is 25.4. The number of nitrogens with zero attached hydrogens (tertiary/aromatic N) is 1. The van der Waals surface area contributed by atoms with Crippen LogP contribution >= 0.6 is 0 Å². The summed E-state index contributed by atoms with van der Waals surface area (Å²) in [7, 11) is -2.18. The second-order valence-electron chi connectivity index (χ2n) is 8.14. The van der Waals surface area contributed by atoms with Crippen molar-refractivity contribution in [3.8, 4) is 18.1 Å². The topological polar surface area (TPSA) is 79.9 Å². The van der Waals surface area contributed by atoms with Crippen LogP contribution in [0.15, 0.2) is 23.1 Å². The lowest BCUT2D eigenvalue weighted by Gasteiger charge is -2.40. The van der Waals surface area contributed by atoms with Crippen molar-refractivity contribution < 1.29 is 17.9 Å². The predicted octanol–water partition coefficient (Wildman–Crippen LogP) is 2.30. The highest BCUT2D eigenvalue weighted by atomic mass is 32.2. The van der Waals surface area contributed by atoms with Crippen LogP contribution in [0, 0.1) is 18.3 Å². The molecule has 1 aliphatic carbocycles. The maximum Gasteiger partial charge on any atom is 0.240 e. The maximum atomic E-state index is 12.2. The highest BCUT2D eigenvalue weighted by Crippen LogP contribution is 2.30. The summed E-state index contributed by atoms with van der Waals surface area (Å²) in [6, 6.07) is 5.35. The summed E-state index contributed by atoms with van der Waals surface area (Å²) in [6.45, 7) is 5.49. The van der Waals surface area contributed by atoms with Gasteiger partial charge in [0.25, 0.3) is 0 Å². The zero-order chi connectivity index (χ0) is 21.6. The third-order valence-electron chi connectivity index (χ3n) is 6.01. The molecule has 7 nitrogen and oxygen atoms in total. The van der Waals surface area contributed by atoms with Crippen molar-refractivity contribution >= 4 is 15.7 Å². The zero-order valence-corrected chi connectivity index (χ0v) is 18.7. The van der Waals surface area contributed by atoms with Gasteiger partial charge in [-0.3, -0.25) is 4.90 Å². The molecule has 8 heteroatoms. The van der Waals surface area contributed by atoms with Gasteiger partial charge in [0.05, 0.1) is 23.7 Å². The number of anilines is 1. The standard InChI is InChI=1S/C22H33N3O4S/c1-4-11-24-21-10-9-20(30(26,27)23-3)14-22(21)29-16-19-15-25(12-13-28-19)18-7-5-17(2)6-8-18/h1,9-10,14,17-19,23-24H,5-8,11-13,15-16H2,2-3H3. The van der Waals surface area contributed by atoms with Gasteiger partial charge in [-0.2, -0.15) is 0 Å². The summed E-state index contributed by atoms with van der Waals surface area (Å²) in [6.07, 6.45) is 10.4. The van der Waals surface area contributed by atoms with E-state index in [1.165, 1.54) is 44.9 Å². The lowest BCUT2D eigenvalue weighted by molar-refractivity contribution is -0.0655. The highest BCUT2D eigenvalue weighted by molar-refractivity contribution is 7.89. The molecule has 0 radical (unpaired) electrons. The highest BCUT2D eigenvalue weighted by Gasteiger charge is 2.29. The van der Waals surface area contributed by atoms with E-state index in [2.05, 4.69) is 27.8 Å². The summed E-state index contributed by atoms with van der Waals surface area (Å²) in [5, 5.41) is 3.08. The molecule has 166 valence electrons. The Labute approximate surface area is 180 Å². The summed E-state index contributed by atoms with van der Waals surface area (Å²) in [4.78, 5) is 2.68. The van der Waals surface area contributed by atoms with Crippen molar-refractivity contribution in [3.05, 3.63) is 18.2 Å². The monoisotopic (exact) mass is 435 g/mol. The van der Waals surface area contributed by atoms with Crippen molar-refractivity contribution in [2.75, 3.05) is 45.2 Å². The quantitative estimate of drug-likeness (QED) is 0.610. The van der Waals surface area contributed by atoms with E-state index in [-0.39, 0.29) is 11.0 Å². The summed E-state index contributed by atoms with van der Waals surface area (Å²) < 4.78 is 38.6. The SMILES string of the molecule is C#CCNc1ccc(S(=O)(=O)NC)cc1OCC1CN(C2CCC(C)CC2)CCO1. The lowest BCUT2D eigenvalue weighted by atomic mass is 9.86. The smallest absolute Gasteiger partial charge is 0.240 e. The molecule has 1 aromatic carbocycles. The van der Waals surface area contributed by atoms with Crippen molar-refractivity contribution in [1.29, 1.82) is 0 Å². The number of benzene rings is 1. The fourth-order valence-electron chi connectivity index (χ4n) is 4.16. The Morgan fingerprint density at radius 1 is 1.30 bits per heavy atom. The van der Waals surface area contributed by atoms with Crippen LogP contribution in [-0.4, -0.2) is 65.4 Å². The van der Waals surface area contributed by atoms with E-state index in [9.17, 15) is 8.42 Å². The molecular weight excluding hydrogens is 402 g/mol. The van der Waals surface area contributed by atoms with E-state index < -0.39 is 10.0 Å². The molecule has 1 heterocycles. The van der Waals surface area contributed by atoms with Crippen molar-refractivity contribution in [2.45, 2.75) is 49.6 Å². The van der Waals surface area contributed by atoms with Crippen LogP contribution in [0.4, 0.5) is 5.69 Å². The molecule has 1 atom stereocenters. The molecule has 0 aromatic heterocycles. The van der Waals surface area contributed by atoms with Crippen LogP contribution in [0.25, 0.3) is 0 Å². The summed E-state index contributed by atoms with van der Waals surface area (Å²) >= 11 is 0. The fourth-order valence-corrected chi connectivity index (χ4v) is 4.91. The average molecular weight is 436 g/mol. The van der Waals surface area contributed by atoms with E-state index in [1.54, 1.807) is 6.07 Å². The van der Waals surface area contributed by atoms with Gasteiger partial charge < -0.3 is 14.8 Å². The first kappa shape index (κ1) is 22.9. The van der Waals surface area contributed by atoms with Gasteiger partial charge in [-0.25, -0.2) is 13.1 Å². The maximum absolute atomic E-state index is 12.2. The zero-order valence-electron chi connectivity index (χ0n) is 17.9. The van der Waals surface area contributed by atoms with Gasteiger partial charge in [0, 0.05) is 25.2 Å². The number of ether oxygens (including phenoxy) is 2. The Balaban J connectivity index is 1.65. The second-order valence-corrected chi connectivity index (χ2v) is 10.0. The number of sulfonamides is 1. The minimum Gasteiger partial charge on any atom is -0.489 e. The molecule has 0 amide bonds. The van der Waals surface area contributed by atoms with Crippen LogP contribution in [0.2, 0.25) is 0 Å². The molecule has 1 saturated carbocycles. The molecule has 1 unspecified atom stereocenters. The summed E-state index contributed by atoms with van der Waals surface area (Å²) in [5.74, 6) is 3.80. The molecule has 2 fully saturated rings. The first-order valence-electron chi connectivity index (χ1n) is 10.7. The molecule has 3 rings (SSSR count). The molecule has 1 aliphatic heterocycles. The first-order valence-corrected chi connectivity index (χ1v) is 12.1. The van der Waals surface area contributed by atoms with Gasteiger partial charge in [-0.1, -0.05) is 12.8 Å². The van der Waals surface area contributed by atoms with Crippen LogP contribution in [0.1, 0.15) is 32.6 Å². The van der Waals surface area contributed by atoms with E-state index in [0.717, 1.165) is 19.0 Å². The van der Waals surface area contributed by atoms with Gasteiger partial charge >= 0.3 is 0 Å². The Morgan fingerprint density at radius 3 is 2.77 bits per heavy atom. The van der Waals surface area contributed by atoms with Crippen molar-refractivity contribution in [3.63, 3.8) is 0 Å². The first-order chi connectivity index (χ1) is 14.4. The molecule has 0 spiro atoms. The average Bonchev–Trinajstić information content (AvgIpc) is 2.77. The van der Waals surface area contributed by atoms with Crippen molar-refractivity contribution in [1.82, 2.24) is 9.62 Å². The Hall–Kier alpha value is -1.79. The van der Waals surface area contributed by atoms with Crippen molar-refractivity contribution in [2.24, 2.45) is 5.92 Å². The van der Waals surface area contributed by atoms with E-state index in [0.29, 0.717) is 37.2 Å². The number of terminal acetylenes is 1. The number of morpholine rings is 1. The largest absolute Gasteiger partial charge is 0.489 e. The summed E-state index contributed by atoms with van der Waals surface area (Å²) in [5.41, 5.74) is 0.664. The van der Waals surface area contributed by atoms with Gasteiger partial charge in [0.15, 0.2) is 0 Å². The number of rotatable bonds is 8. The van der Waals surface area contributed by atoms with Crippen LogP contribution in [-0.2, 0) is 14.8 Å². The van der Waals surface area contributed by atoms with Crippen LogP contribution < -0.4 is 14.8 Å². The third-order valence-corrected chi connectivity index (χ3v) is 7.42. The molecule has 2 aliphatic rings. The third kappa shape index (κ3) is 5.88. The molecule has 1 aromatic rings. The van der Waals surface area contributed by atoms with Crippen LogP contribution in [0.5, 0.6) is 5.75 Å². The number of hydrogen-bond donors (Lipinski definition) is 2. The second kappa shape index (κ2) is 10.5. The molecule has 0 bridgehead atoms.